The molecule has 0 saturated carbocycles. The first-order valence-electron chi connectivity index (χ1n) is 9.65. The summed E-state index contributed by atoms with van der Waals surface area (Å²) in [6.45, 7) is 6.27. The number of amides is 2. The first-order valence-corrected chi connectivity index (χ1v) is 9.65. The van der Waals surface area contributed by atoms with Gasteiger partial charge in [0.05, 0.1) is 12.7 Å². The number of rotatable bonds is 6. The van der Waals surface area contributed by atoms with Crippen LogP contribution in [0, 0.1) is 0 Å². The third-order valence-electron chi connectivity index (χ3n) is 5.21. The molecule has 3 rings (SSSR count). The molecule has 6 heteroatoms. The fraction of sp³-hybridized carbons (Fsp3) is 0.600. The number of ether oxygens (including phenoxy) is 1. The van der Waals surface area contributed by atoms with Crippen LogP contribution in [-0.4, -0.2) is 65.6 Å². The highest BCUT2D eigenvalue weighted by molar-refractivity contribution is 5.77. The maximum atomic E-state index is 12.4. The Morgan fingerprint density at radius 2 is 2.04 bits per heavy atom. The first-order chi connectivity index (χ1) is 12.7. The van der Waals surface area contributed by atoms with Crippen LogP contribution in [0.4, 0.5) is 4.79 Å². The Hall–Kier alpha value is -2.08. The monoisotopic (exact) mass is 359 g/mol. The molecule has 2 saturated heterocycles. The molecule has 1 aromatic carbocycles. The number of benzene rings is 1. The minimum atomic E-state index is -0.288. The van der Waals surface area contributed by atoms with Crippen molar-refractivity contribution in [2.75, 3.05) is 32.8 Å². The van der Waals surface area contributed by atoms with Crippen molar-refractivity contribution in [1.29, 1.82) is 0 Å². The fourth-order valence-electron chi connectivity index (χ4n) is 3.62. The van der Waals surface area contributed by atoms with Gasteiger partial charge < -0.3 is 14.5 Å². The van der Waals surface area contributed by atoms with E-state index in [9.17, 15) is 9.59 Å². The summed E-state index contributed by atoms with van der Waals surface area (Å²) in [5.41, 5.74) is 0.981. The van der Waals surface area contributed by atoms with Crippen LogP contribution in [0.2, 0.25) is 0 Å². The van der Waals surface area contributed by atoms with E-state index in [1.54, 1.807) is 4.90 Å². The van der Waals surface area contributed by atoms with Crippen molar-refractivity contribution in [2.24, 2.45) is 0 Å². The summed E-state index contributed by atoms with van der Waals surface area (Å²) in [6, 6.07) is 9.80. The van der Waals surface area contributed by atoms with E-state index in [0.29, 0.717) is 26.2 Å². The lowest BCUT2D eigenvalue weighted by Gasteiger charge is -2.38. The number of hydrogen-bond acceptors (Lipinski definition) is 4. The maximum absolute atomic E-state index is 12.4. The lowest BCUT2D eigenvalue weighted by atomic mass is 10.1. The van der Waals surface area contributed by atoms with E-state index >= 15 is 0 Å². The Balaban J connectivity index is 1.49. The molecule has 2 aliphatic heterocycles. The van der Waals surface area contributed by atoms with Gasteiger partial charge in [0.25, 0.3) is 0 Å². The van der Waals surface area contributed by atoms with E-state index in [-0.39, 0.29) is 24.6 Å². The van der Waals surface area contributed by atoms with Gasteiger partial charge in [0, 0.05) is 26.1 Å². The van der Waals surface area contributed by atoms with Gasteiger partial charge in [-0.05, 0) is 24.9 Å². The molecule has 2 heterocycles. The van der Waals surface area contributed by atoms with Gasteiger partial charge in [0.15, 0.2) is 0 Å². The highest BCUT2D eigenvalue weighted by Gasteiger charge is 2.36. The van der Waals surface area contributed by atoms with Gasteiger partial charge in [-0.15, -0.1) is 0 Å². The van der Waals surface area contributed by atoms with Gasteiger partial charge in [-0.1, -0.05) is 43.7 Å². The van der Waals surface area contributed by atoms with E-state index in [0.717, 1.165) is 37.9 Å². The summed E-state index contributed by atoms with van der Waals surface area (Å²) in [4.78, 5) is 30.7. The first kappa shape index (κ1) is 18.7. The molecular formula is C20H29N3O3. The zero-order chi connectivity index (χ0) is 18.4. The number of carbonyl (C=O) groups is 2. The quantitative estimate of drug-likeness (QED) is 0.784. The van der Waals surface area contributed by atoms with Crippen LogP contribution in [0.5, 0.6) is 0 Å². The Labute approximate surface area is 155 Å². The van der Waals surface area contributed by atoms with E-state index in [2.05, 4.69) is 11.8 Å². The molecule has 0 spiro atoms. The molecule has 26 heavy (non-hydrogen) atoms. The molecule has 0 bridgehead atoms. The summed E-state index contributed by atoms with van der Waals surface area (Å²) in [5, 5.41) is 0. The molecule has 142 valence electrons. The number of hydrogen-bond donors (Lipinski definition) is 0. The molecule has 1 aromatic rings. The van der Waals surface area contributed by atoms with Crippen LogP contribution in [-0.2, 0) is 16.1 Å². The van der Waals surface area contributed by atoms with Gasteiger partial charge >= 0.3 is 6.09 Å². The summed E-state index contributed by atoms with van der Waals surface area (Å²) in [6.07, 6.45) is 3.44. The standard InChI is InChI=1S/C20H29N3O3/c1-2-3-11-21-12-10-19(24)23(16-21)18-9-13-22(14-18)20(25)26-15-17-7-5-4-6-8-17/h4-8,18H,2-3,9-16H2,1H3. The van der Waals surface area contributed by atoms with Crippen LogP contribution < -0.4 is 0 Å². The Morgan fingerprint density at radius 1 is 1.23 bits per heavy atom. The topological polar surface area (TPSA) is 53.1 Å². The predicted molar refractivity (Wildman–Crippen MR) is 99.4 cm³/mol. The molecule has 0 aliphatic carbocycles. The van der Waals surface area contributed by atoms with E-state index in [1.807, 2.05) is 35.2 Å². The lowest BCUT2D eigenvalue weighted by Crippen LogP contribution is -2.53. The highest BCUT2D eigenvalue weighted by Crippen LogP contribution is 2.21. The van der Waals surface area contributed by atoms with Crippen molar-refractivity contribution in [3.05, 3.63) is 35.9 Å². The third kappa shape index (κ3) is 4.75. The molecule has 0 aromatic heterocycles. The van der Waals surface area contributed by atoms with Crippen molar-refractivity contribution in [2.45, 2.75) is 45.3 Å². The van der Waals surface area contributed by atoms with Crippen molar-refractivity contribution in [1.82, 2.24) is 14.7 Å². The molecule has 2 aliphatic rings. The molecule has 1 atom stereocenters. The summed E-state index contributed by atoms with van der Waals surface area (Å²) < 4.78 is 5.42. The Bertz CT molecular complexity index is 608. The van der Waals surface area contributed by atoms with Gasteiger partial charge in [0.1, 0.15) is 6.61 Å². The second-order valence-electron chi connectivity index (χ2n) is 7.16. The average molecular weight is 359 g/mol. The van der Waals surface area contributed by atoms with Crippen LogP contribution in [0.3, 0.4) is 0 Å². The molecule has 1 unspecified atom stereocenters. The summed E-state index contributed by atoms with van der Waals surface area (Å²) in [7, 11) is 0. The van der Waals surface area contributed by atoms with Crippen molar-refractivity contribution >= 4 is 12.0 Å². The van der Waals surface area contributed by atoms with E-state index in [1.165, 1.54) is 0 Å². The van der Waals surface area contributed by atoms with E-state index < -0.39 is 0 Å². The van der Waals surface area contributed by atoms with Crippen molar-refractivity contribution < 1.29 is 14.3 Å². The molecule has 0 radical (unpaired) electrons. The predicted octanol–water partition coefficient (Wildman–Crippen LogP) is 2.69. The Kier molecular flexibility index (Phi) is 6.50. The van der Waals surface area contributed by atoms with Crippen LogP contribution in [0.1, 0.15) is 38.2 Å². The smallest absolute Gasteiger partial charge is 0.410 e. The van der Waals surface area contributed by atoms with Gasteiger partial charge in [-0.25, -0.2) is 4.79 Å². The van der Waals surface area contributed by atoms with Crippen LogP contribution in [0.25, 0.3) is 0 Å². The summed E-state index contributed by atoms with van der Waals surface area (Å²) in [5.74, 6) is 0.210. The van der Waals surface area contributed by atoms with Gasteiger partial charge in [-0.2, -0.15) is 0 Å². The molecule has 0 N–H and O–H groups in total. The number of nitrogens with zero attached hydrogens (tertiary/aromatic N) is 3. The second kappa shape index (κ2) is 9.03. The zero-order valence-electron chi connectivity index (χ0n) is 15.6. The van der Waals surface area contributed by atoms with E-state index in [4.69, 9.17) is 4.74 Å². The van der Waals surface area contributed by atoms with Gasteiger partial charge in [-0.3, -0.25) is 9.69 Å². The fourth-order valence-corrected chi connectivity index (χ4v) is 3.62. The average Bonchev–Trinajstić information content (AvgIpc) is 3.16. The SMILES string of the molecule is CCCCN1CCC(=O)N(C2CCN(C(=O)OCc3ccccc3)C2)C1. The normalized spacial score (nSPS) is 21.3. The zero-order valence-corrected chi connectivity index (χ0v) is 15.6. The summed E-state index contributed by atoms with van der Waals surface area (Å²) >= 11 is 0. The van der Waals surface area contributed by atoms with Crippen molar-refractivity contribution in [3.8, 4) is 0 Å². The second-order valence-corrected chi connectivity index (χ2v) is 7.16. The minimum Gasteiger partial charge on any atom is -0.445 e. The largest absolute Gasteiger partial charge is 0.445 e. The van der Waals surface area contributed by atoms with Crippen molar-refractivity contribution in [3.63, 3.8) is 0 Å². The highest BCUT2D eigenvalue weighted by atomic mass is 16.6. The third-order valence-corrected chi connectivity index (χ3v) is 5.21. The Morgan fingerprint density at radius 3 is 2.81 bits per heavy atom. The van der Waals surface area contributed by atoms with Gasteiger partial charge in [0.2, 0.25) is 5.91 Å². The van der Waals surface area contributed by atoms with Crippen LogP contribution in [0.15, 0.2) is 30.3 Å². The minimum absolute atomic E-state index is 0.108. The molecule has 2 amide bonds. The molecular weight excluding hydrogens is 330 g/mol. The number of unbranched alkanes of at least 4 members (excludes halogenated alkanes) is 1. The maximum Gasteiger partial charge on any atom is 0.410 e. The number of likely N-dealkylation sites (tertiary alicyclic amines) is 1. The molecule has 2 fully saturated rings. The number of carbonyl (C=O) groups excluding carboxylic acids is 2. The lowest BCUT2D eigenvalue weighted by molar-refractivity contribution is -0.140. The van der Waals surface area contributed by atoms with Crippen LogP contribution >= 0.6 is 0 Å². The molecule has 6 nitrogen and oxygen atoms in total.